The molecule has 92 valence electrons. The maximum Gasteiger partial charge on any atom is 0.292 e. The Balaban J connectivity index is 2.42. The molecular formula is C13H11BrN2O2. The molecule has 0 radical (unpaired) electrons. The van der Waals surface area contributed by atoms with Gasteiger partial charge in [0.1, 0.15) is 5.69 Å². The van der Waals surface area contributed by atoms with Gasteiger partial charge in [-0.1, -0.05) is 28.1 Å². The van der Waals surface area contributed by atoms with Crippen LogP contribution in [0.25, 0.3) is 0 Å². The van der Waals surface area contributed by atoms with E-state index in [2.05, 4.69) is 15.9 Å². The van der Waals surface area contributed by atoms with Gasteiger partial charge in [0, 0.05) is 23.3 Å². The van der Waals surface area contributed by atoms with E-state index in [1.54, 1.807) is 23.1 Å². The van der Waals surface area contributed by atoms with Crippen LogP contribution in [0.15, 0.2) is 53.0 Å². The number of para-hydroxylation sites is 2. The molecule has 0 aliphatic rings. The lowest BCUT2D eigenvalue weighted by Gasteiger charge is -2.19. The molecule has 2 rings (SSSR count). The van der Waals surface area contributed by atoms with E-state index in [0.29, 0.717) is 5.69 Å². The van der Waals surface area contributed by atoms with Crippen molar-refractivity contribution in [1.29, 1.82) is 0 Å². The molecular weight excluding hydrogens is 296 g/mol. The Hall–Kier alpha value is -1.88. The number of anilines is 2. The van der Waals surface area contributed by atoms with Gasteiger partial charge in [-0.3, -0.25) is 10.1 Å². The third-order valence-corrected chi connectivity index (χ3v) is 3.18. The molecule has 2 aromatic carbocycles. The SMILES string of the molecule is CN(c1ccc(Br)cc1)c1ccccc1[N+](=O)[O-]. The van der Waals surface area contributed by atoms with Gasteiger partial charge in [0.2, 0.25) is 0 Å². The number of nitro benzene ring substituents is 1. The highest BCUT2D eigenvalue weighted by Crippen LogP contribution is 2.32. The summed E-state index contributed by atoms with van der Waals surface area (Å²) in [6.07, 6.45) is 0. The lowest BCUT2D eigenvalue weighted by molar-refractivity contribution is -0.384. The number of nitrogens with zero attached hydrogens (tertiary/aromatic N) is 2. The highest BCUT2D eigenvalue weighted by Gasteiger charge is 2.16. The van der Waals surface area contributed by atoms with Gasteiger partial charge < -0.3 is 4.90 Å². The molecule has 0 spiro atoms. The normalized spacial score (nSPS) is 10.1. The fourth-order valence-electron chi connectivity index (χ4n) is 1.71. The zero-order chi connectivity index (χ0) is 13.1. The van der Waals surface area contributed by atoms with E-state index in [-0.39, 0.29) is 10.6 Å². The topological polar surface area (TPSA) is 46.4 Å². The molecule has 0 aliphatic heterocycles. The molecule has 5 heteroatoms. The summed E-state index contributed by atoms with van der Waals surface area (Å²) < 4.78 is 0.974. The zero-order valence-corrected chi connectivity index (χ0v) is 11.3. The van der Waals surface area contributed by atoms with Crippen LogP contribution in [0.5, 0.6) is 0 Å². The van der Waals surface area contributed by atoms with Gasteiger partial charge >= 0.3 is 0 Å². The fraction of sp³-hybridized carbons (Fsp3) is 0.0769. The van der Waals surface area contributed by atoms with E-state index in [0.717, 1.165) is 10.2 Å². The highest BCUT2D eigenvalue weighted by molar-refractivity contribution is 9.10. The molecule has 4 nitrogen and oxygen atoms in total. The first kappa shape index (κ1) is 12.6. The summed E-state index contributed by atoms with van der Waals surface area (Å²) in [6.45, 7) is 0. The molecule has 0 atom stereocenters. The Morgan fingerprint density at radius 2 is 1.72 bits per heavy atom. The van der Waals surface area contributed by atoms with Crippen molar-refractivity contribution in [2.24, 2.45) is 0 Å². The maximum absolute atomic E-state index is 11.0. The molecule has 0 saturated carbocycles. The summed E-state index contributed by atoms with van der Waals surface area (Å²) in [5.74, 6) is 0. The summed E-state index contributed by atoms with van der Waals surface area (Å²) >= 11 is 3.36. The number of nitro groups is 1. The lowest BCUT2D eigenvalue weighted by Crippen LogP contribution is -2.11. The number of benzene rings is 2. The van der Waals surface area contributed by atoms with Crippen molar-refractivity contribution in [1.82, 2.24) is 0 Å². The molecule has 0 heterocycles. The fourth-order valence-corrected chi connectivity index (χ4v) is 1.97. The molecule has 0 fully saturated rings. The van der Waals surface area contributed by atoms with Crippen molar-refractivity contribution in [3.05, 3.63) is 63.1 Å². The van der Waals surface area contributed by atoms with Crippen LogP contribution >= 0.6 is 15.9 Å². The quantitative estimate of drug-likeness (QED) is 0.633. The minimum Gasteiger partial charge on any atom is -0.339 e. The lowest BCUT2D eigenvalue weighted by atomic mass is 10.2. The monoisotopic (exact) mass is 306 g/mol. The van der Waals surface area contributed by atoms with Crippen molar-refractivity contribution in [3.8, 4) is 0 Å². The molecule has 0 aliphatic carbocycles. The molecule has 0 amide bonds. The van der Waals surface area contributed by atoms with E-state index in [9.17, 15) is 10.1 Å². The number of hydrogen-bond acceptors (Lipinski definition) is 3. The van der Waals surface area contributed by atoms with Crippen LogP contribution in [0.3, 0.4) is 0 Å². The molecule has 0 aromatic heterocycles. The van der Waals surface area contributed by atoms with E-state index in [1.165, 1.54) is 6.07 Å². The second-order valence-corrected chi connectivity index (χ2v) is 4.70. The molecule has 0 unspecified atom stereocenters. The third-order valence-electron chi connectivity index (χ3n) is 2.65. The van der Waals surface area contributed by atoms with Gasteiger partial charge in [-0.05, 0) is 30.3 Å². The Morgan fingerprint density at radius 1 is 1.11 bits per heavy atom. The average molecular weight is 307 g/mol. The summed E-state index contributed by atoms with van der Waals surface area (Å²) in [7, 11) is 1.81. The standard InChI is InChI=1S/C13H11BrN2O2/c1-15(11-8-6-10(14)7-9-11)12-4-2-3-5-13(12)16(17)18/h2-9H,1H3. The first-order valence-corrected chi connectivity index (χ1v) is 6.11. The first-order valence-electron chi connectivity index (χ1n) is 5.32. The van der Waals surface area contributed by atoms with Crippen LogP contribution in [0.4, 0.5) is 17.1 Å². The number of hydrogen-bond donors (Lipinski definition) is 0. The van der Waals surface area contributed by atoms with Crippen LogP contribution < -0.4 is 4.90 Å². The van der Waals surface area contributed by atoms with Crippen molar-refractivity contribution in [2.45, 2.75) is 0 Å². The predicted molar refractivity (Wildman–Crippen MR) is 75.3 cm³/mol. The molecule has 0 N–H and O–H groups in total. The summed E-state index contributed by atoms with van der Waals surface area (Å²) in [5, 5.41) is 11.0. The smallest absolute Gasteiger partial charge is 0.292 e. The van der Waals surface area contributed by atoms with Crippen LogP contribution in [0.1, 0.15) is 0 Å². The third kappa shape index (κ3) is 2.51. The van der Waals surface area contributed by atoms with E-state index in [4.69, 9.17) is 0 Å². The summed E-state index contributed by atoms with van der Waals surface area (Å²) in [5.41, 5.74) is 1.57. The molecule has 18 heavy (non-hydrogen) atoms. The highest BCUT2D eigenvalue weighted by atomic mass is 79.9. The predicted octanol–water partition coefficient (Wildman–Crippen LogP) is 4.13. The minimum atomic E-state index is -0.370. The van der Waals surface area contributed by atoms with Gasteiger partial charge in [-0.2, -0.15) is 0 Å². The van der Waals surface area contributed by atoms with Crippen molar-refractivity contribution in [2.75, 3.05) is 11.9 Å². The van der Waals surface area contributed by atoms with Crippen molar-refractivity contribution < 1.29 is 4.92 Å². The summed E-state index contributed by atoms with van der Waals surface area (Å²) in [6, 6.07) is 14.3. The number of halogens is 1. The Morgan fingerprint density at radius 3 is 2.33 bits per heavy atom. The largest absolute Gasteiger partial charge is 0.339 e. The van der Waals surface area contributed by atoms with Crippen LogP contribution in [-0.4, -0.2) is 12.0 Å². The van der Waals surface area contributed by atoms with Gasteiger partial charge in [0.05, 0.1) is 4.92 Å². The van der Waals surface area contributed by atoms with Crippen LogP contribution in [-0.2, 0) is 0 Å². The summed E-state index contributed by atoms with van der Waals surface area (Å²) in [4.78, 5) is 12.4. The number of rotatable bonds is 3. The van der Waals surface area contributed by atoms with Gasteiger partial charge in [0.15, 0.2) is 0 Å². The van der Waals surface area contributed by atoms with E-state index in [1.807, 2.05) is 31.3 Å². The molecule has 0 saturated heterocycles. The minimum absolute atomic E-state index is 0.0999. The average Bonchev–Trinajstić information content (AvgIpc) is 2.39. The van der Waals surface area contributed by atoms with Crippen molar-refractivity contribution in [3.63, 3.8) is 0 Å². The van der Waals surface area contributed by atoms with Crippen molar-refractivity contribution >= 4 is 33.0 Å². The first-order chi connectivity index (χ1) is 8.59. The second kappa shape index (κ2) is 5.18. The van der Waals surface area contributed by atoms with Gasteiger partial charge in [0.25, 0.3) is 5.69 Å². The van der Waals surface area contributed by atoms with E-state index < -0.39 is 0 Å². The van der Waals surface area contributed by atoms with E-state index >= 15 is 0 Å². The molecule has 0 bridgehead atoms. The Kier molecular flexibility index (Phi) is 3.62. The van der Waals surface area contributed by atoms with Crippen LogP contribution in [0, 0.1) is 10.1 Å². The Labute approximate surface area is 113 Å². The van der Waals surface area contributed by atoms with Crippen LogP contribution in [0.2, 0.25) is 0 Å². The molecule has 2 aromatic rings. The zero-order valence-electron chi connectivity index (χ0n) is 9.71. The maximum atomic E-state index is 11.0. The van der Waals surface area contributed by atoms with Gasteiger partial charge in [-0.25, -0.2) is 0 Å². The van der Waals surface area contributed by atoms with Gasteiger partial charge in [-0.15, -0.1) is 0 Å². The second-order valence-electron chi connectivity index (χ2n) is 3.78. The Bertz CT molecular complexity index is 569.